The molecule has 0 spiro atoms. The fourth-order valence-corrected chi connectivity index (χ4v) is 9.03. The van der Waals surface area contributed by atoms with Crippen molar-refractivity contribution in [2.24, 2.45) is 21.7 Å². The molecule has 2 aromatic heterocycles. The van der Waals surface area contributed by atoms with Gasteiger partial charge in [-0.15, -0.1) is 0 Å². The first-order chi connectivity index (χ1) is 24.3. The van der Waals surface area contributed by atoms with E-state index in [0.29, 0.717) is 73.7 Å². The molecule has 0 fully saturated rings. The largest absolute Gasteiger partial charge is 0.465 e. The summed E-state index contributed by atoms with van der Waals surface area (Å²) < 4.78 is 12.5. The molecule has 0 saturated heterocycles. The molecule has 2 aliphatic heterocycles. The van der Waals surface area contributed by atoms with Crippen LogP contribution in [0.1, 0.15) is 130 Å². The van der Waals surface area contributed by atoms with Crippen LogP contribution in [0.15, 0.2) is 94.1 Å². The molecule has 4 aliphatic carbocycles. The Morgan fingerprint density at radius 2 is 0.712 bits per heavy atom. The average Bonchev–Trinajstić information content (AvgIpc) is 3.01. The molecule has 2 aromatic rings. The van der Waals surface area contributed by atoms with Crippen LogP contribution in [0.3, 0.4) is 0 Å². The number of carbonyl (C=O) groups is 4. The smallest absolute Gasteiger partial charge is 0.163 e. The Morgan fingerprint density at radius 1 is 0.442 bits per heavy atom. The van der Waals surface area contributed by atoms with E-state index in [2.05, 4.69) is 65.4 Å². The summed E-state index contributed by atoms with van der Waals surface area (Å²) in [6.45, 7) is 16.7. The fraction of sp³-hybridized carbons (Fsp3) is 0.500. The molecule has 4 heterocycles. The molecule has 0 saturated carbocycles. The van der Waals surface area contributed by atoms with E-state index in [1.54, 1.807) is 12.4 Å². The first-order valence-electron chi connectivity index (χ1n) is 18.6. The number of nitrogens with zero attached hydrogens (tertiary/aromatic N) is 2. The maximum absolute atomic E-state index is 13.0. The molecule has 8 rings (SSSR count). The van der Waals surface area contributed by atoms with Crippen molar-refractivity contribution >= 4 is 23.1 Å². The first kappa shape index (κ1) is 35.9. The van der Waals surface area contributed by atoms with Gasteiger partial charge in [0.25, 0.3) is 0 Å². The van der Waals surface area contributed by atoms with Gasteiger partial charge in [-0.1, -0.05) is 67.5 Å². The second-order valence-corrected chi connectivity index (χ2v) is 18.7. The number of hydrogen-bond donors (Lipinski definition) is 0. The first-order valence-corrected chi connectivity index (χ1v) is 18.6. The summed E-state index contributed by atoms with van der Waals surface area (Å²) in [7, 11) is 0. The zero-order chi connectivity index (χ0) is 37.4. The van der Waals surface area contributed by atoms with Crippen molar-refractivity contribution < 1.29 is 28.7 Å². The monoisotopic (exact) mass is 702 g/mol. The Hall–Kier alpha value is -4.46. The second-order valence-electron chi connectivity index (χ2n) is 18.7. The molecular weight excluding hydrogens is 652 g/mol. The third-order valence-electron chi connectivity index (χ3n) is 11.1. The van der Waals surface area contributed by atoms with Crippen molar-refractivity contribution in [2.75, 3.05) is 0 Å². The molecule has 6 aliphatic rings. The number of aromatic nitrogens is 2. The second kappa shape index (κ2) is 12.6. The van der Waals surface area contributed by atoms with Gasteiger partial charge in [-0.25, -0.2) is 0 Å². The van der Waals surface area contributed by atoms with E-state index in [-0.39, 0.29) is 56.6 Å². The predicted octanol–water partition coefficient (Wildman–Crippen LogP) is 8.96. The lowest BCUT2D eigenvalue weighted by atomic mass is 9.66. The van der Waals surface area contributed by atoms with Crippen LogP contribution in [0.5, 0.6) is 0 Å². The molecule has 0 unspecified atom stereocenters. The van der Waals surface area contributed by atoms with Crippen LogP contribution in [0.25, 0.3) is 0 Å². The van der Waals surface area contributed by atoms with Crippen LogP contribution in [0, 0.1) is 21.7 Å². The van der Waals surface area contributed by atoms with Crippen molar-refractivity contribution in [3.8, 4) is 0 Å². The Morgan fingerprint density at radius 3 is 0.942 bits per heavy atom. The topological polar surface area (TPSA) is 113 Å². The molecule has 0 aromatic carbocycles. The average molecular weight is 703 g/mol. The number of rotatable bonds is 2. The molecule has 52 heavy (non-hydrogen) atoms. The number of allylic oxidation sites excluding steroid dienone is 8. The van der Waals surface area contributed by atoms with Crippen LogP contribution < -0.4 is 0 Å². The molecule has 8 nitrogen and oxygen atoms in total. The van der Waals surface area contributed by atoms with Gasteiger partial charge in [0.15, 0.2) is 23.1 Å². The maximum atomic E-state index is 13.0. The van der Waals surface area contributed by atoms with Gasteiger partial charge in [0.2, 0.25) is 0 Å². The maximum Gasteiger partial charge on any atom is 0.163 e. The minimum atomic E-state index is -0.387. The fourth-order valence-electron chi connectivity index (χ4n) is 9.03. The summed E-state index contributed by atoms with van der Waals surface area (Å²) in [6.07, 6.45) is 8.18. The third-order valence-corrected chi connectivity index (χ3v) is 11.1. The summed E-state index contributed by atoms with van der Waals surface area (Å²) >= 11 is 0. The number of Topliss-reactive ketones (excluding diaryl/α,β-unsaturated/α-hetero) is 4. The highest BCUT2D eigenvalue weighted by atomic mass is 16.5. The summed E-state index contributed by atoms with van der Waals surface area (Å²) in [5.41, 5.74) is 3.60. The Labute approximate surface area is 306 Å². The van der Waals surface area contributed by atoms with Crippen LogP contribution >= 0.6 is 0 Å². The highest BCUT2D eigenvalue weighted by Crippen LogP contribution is 2.54. The number of ketones is 4. The van der Waals surface area contributed by atoms with Crippen molar-refractivity contribution in [3.63, 3.8) is 0 Å². The summed E-state index contributed by atoms with van der Waals surface area (Å²) in [5.74, 6) is 2.51. The number of carbonyl (C=O) groups excluding carboxylic acids is 4. The van der Waals surface area contributed by atoms with Crippen molar-refractivity contribution in [1.82, 2.24) is 9.97 Å². The van der Waals surface area contributed by atoms with Crippen LogP contribution in [0.4, 0.5) is 0 Å². The van der Waals surface area contributed by atoms with E-state index in [9.17, 15) is 19.2 Å². The number of ether oxygens (including phenoxy) is 2. The quantitative estimate of drug-likeness (QED) is 0.305. The van der Waals surface area contributed by atoms with Gasteiger partial charge < -0.3 is 9.47 Å². The summed E-state index contributed by atoms with van der Waals surface area (Å²) in [4.78, 5) is 61.1. The Kier molecular flexibility index (Phi) is 8.70. The van der Waals surface area contributed by atoms with Gasteiger partial charge in [0.1, 0.15) is 23.0 Å². The van der Waals surface area contributed by atoms with Gasteiger partial charge >= 0.3 is 0 Å². The zero-order valence-electron chi connectivity index (χ0n) is 31.8. The number of pyridine rings is 2. The zero-order valence-corrected chi connectivity index (χ0v) is 31.8. The van der Waals surface area contributed by atoms with E-state index in [1.807, 2.05) is 36.4 Å². The molecule has 272 valence electrons. The lowest BCUT2D eigenvalue weighted by Gasteiger charge is -2.42. The molecule has 0 atom stereocenters. The van der Waals surface area contributed by atoms with Crippen LogP contribution in [0.2, 0.25) is 0 Å². The van der Waals surface area contributed by atoms with Gasteiger partial charge in [0, 0.05) is 86.1 Å². The number of hydrogen-bond acceptors (Lipinski definition) is 8. The van der Waals surface area contributed by atoms with Crippen LogP contribution in [-0.4, -0.2) is 33.1 Å². The molecule has 0 radical (unpaired) electrons. The predicted molar refractivity (Wildman–Crippen MR) is 196 cm³/mol. The third kappa shape index (κ3) is 6.77. The summed E-state index contributed by atoms with van der Waals surface area (Å²) in [6, 6.07) is 11.3. The van der Waals surface area contributed by atoms with E-state index in [1.165, 1.54) is 0 Å². The van der Waals surface area contributed by atoms with Crippen molar-refractivity contribution in [1.29, 1.82) is 0 Å². The van der Waals surface area contributed by atoms with Gasteiger partial charge in [0.05, 0.1) is 23.2 Å². The van der Waals surface area contributed by atoms with E-state index >= 15 is 0 Å². The SMILES string of the molecule is CC1(C)CC(=O)C2=C(C1)OC1=C(C(=O)CC(C)(C)C1)C2c1ccccn1.CC1(C)CC(=O)C2=C(C1)OC1=C(C(=O)CC(C)(C)C1)C2c1ccccn1. The summed E-state index contributed by atoms with van der Waals surface area (Å²) in [5, 5.41) is 0. The van der Waals surface area contributed by atoms with Crippen molar-refractivity contribution in [3.05, 3.63) is 106 Å². The molecule has 0 bridgehead atoms. The van der Waals surface area contributed by atoms with E-state index in [4.69, 9.17) is 9.47 Å². The van der Waals surface area contributed by atoms with Gasteiger partial charge in [-0.05, 0) is 45.9 Å². The lowest BCUT2D eigenvalue weighted by Crippen LogP contribution is -2.37. The standard InChI is InChI=1S/2C22H25NO3/c2*1-21(2)9-14(24)19-16(11-21)26-17-12-22(3,4)10-15(25)20(17)18(19)13-7-5-6-8-23-13/h2*5-8,18H,9-12H2,1-4H3. The molecule has 8 heteroatoms. The van der Waals surface area contributed by atoms with Gasteiger partial charge in [-0.2, -0.15) is 0 Å². The van der Waals surface area contributed by atoms with Crippen molar-refractivity contribution in [2.45, 2.75) is 119 Å². The highest BCUT2D eigenvalue weighted by Gasteiger charge is 2.50. The molecule has 0 N–H and O–H groups in total. The Bertz CT molecular complexity index is 1760. The minimum Gasteiger partial charge on any atom is -0.465 e. The van der Waals surface area contributed by atoms with Crippen LogP contribution in [-0.2, 0) is 28.7 Å². The molecule has 0 amide bonds. The van der Waals surface area contributed by atoms with E-state index in [0.717, 1.165) is 34.4 Å². The minimum absolute atomic E-state index is 0.0797. The van der Waals surface area contributed by atoms with Gasteiger partial charge in [-0.3, -0.25) is 29.1 Å². The lowest BCUT2D eigenvalue weighted by molar-refractivity contribution is -0.122. The molecular formula is C44H50N2O6. The highest BCUT2D eigenvalue weighted by molar-refractivity contribution is 6.07. The normalized spacial score (nSPS) is 24.9. The Balaban J connectivity index is 0.000000162. The van der Waals surface area contributed by atoms with E-state index < -0.39 is 0 Å².